The number of anilines is 1. The molecule has 2 aromatic rings. The second-order valence-electron chi connectivity index (χ2n) is 6.07. The number of rotatable bonds is 3. The lowest BCUT2D eigenvalue weighted by Crippen LogP contribution is -2.45. The van der Waals surface area contributed by atoms with Gasteiger partial charge in [0.25, 0.3) is 11.8 Å². The van der Waals surface area contributed by atoms with E-state index in [1.54, 1.807) is 38.1 Å². The van der Waals surface area contributed by atoms with Gasteiger partial charge in [0.2, 0.25) is 0 Å². The van der Waals surface area contributed by atoms with Crippen LogP contribution in [-0.4, -0.2) is 28.7 Å². The fourth-order valence-electron chi connectivity index (χ4n) is 2.24. The average molecular weight is 339 g/mol. The van der Waals surface area contributed by atoms with Crippen LogP contribution in [0.3, 0.4) is 0 Å². The van der Waals surface area contributed by atoms with Gasteiger partial charge in [0.1, 0.15) is 11.5 Å². The number of phenolic OH excluding ortho intramolecular Hbond substituents is 1. The third-order valence-electron chi connectivity index (χ3n) is 3.67. The molecule has 25 heavy (non-hydrogen) atoms. The molecule has 7 heteroatoms. The van der Waals surface area contributed by atoms with Crippen molar-refractivity contribution in [2.24, 2.45) is 5.10 Å². The van der Waals surface area contributed by atoms with Crippen LogP contribution in [0.4, 0.5) is 5.69 Å². The van der Waals surface area contributed by atoms with E-state index in [2.05, 4.69) is 15.8 Å². The fraction of sp³-hybridized carbons (Fsp3) is 0.167. The molecule has 0 aromatic heterocycles. The summed E-state index contributed by atoms with van der Waals surface area (Å²) in [6, 6.07) is 11.1. The number of carbonyl (C=O) groups is 2. The number of aromatic hydroxyl groups is 1. The topological polar surface area (TPSA) is 100 Å². The van der Waals surface area contributed by atoms with Crippen LogP contribution in [0.2, 0.25) is 0 Å². The number of hydrogen-bond donors (Lipinski definition) is 3. The Hall–Kier alpha value is -3.35. The number of carbonyl (C=O) groups excluding carboxylic acids is 2. The van der Waals surface area contributed by atoms with Gasteiger partial charge in [0.05, 0.1) is 11.9 Å². The van der Waals surface area contributed by atoms with Crippen molar-refractivity contribution in [3.63, 3.8) is 0 Å². The van der Waals surface area contributed by atoms with Crippen LogP contribution in [-0.2, 0) is 4.79 Å². The van der Waals surface area contributed by atoms with Crippen molar-refractivity contribution >= 4 is 23.7 Å². The molecular weight excluding hydrogens is 322 g/mol. The Labute approximate surface area is 144 Å². The van der Waals surface area contributed by atoms with Gasteiger partial charge < -0.3 is 15.2 Å². The van der Waals surface area contributed by atoms with E-state index in [-0.39, 0.29) is 11.7 Å². The van der Waals surface area contributed by atoms with Crippen LogP contribution in [0, 0.1) is 0 Å². The first-order valence-corrected chi connectivity index (χ1v) is 7.62. The van der Waals surface area contributed by atoms with Crippen LogP contribution >= 0.6 is 0 Å². The highest BCUT2D eigenvalue weighted by molar-refractivity contribution is 6.02. The number of nitrogens with one attached hydrogen (secondary N) is 2. The van der Waals surface area contributed by atoms with Crippen molar-refractivity contribution in [3.8, 4) is 11.5 Å². The Morgan fingerprint density at radius 2 is 1.96 bits per heavy atom. The second-order valence-corrected chi connectivity index (χ2v) is 6.07. The molecule has 128 valence electrons. The van der Waals surface area contributed by atoms with E-state index in [1.165, 1.54) is 24.4 Å². The van der Waals surface area contributed by atoms with Crippen molar-refractivity contribution in [1.29, 1.82) is 0 Å². The summed E-state index contributed by atoms with van der Waals surface area (Å²) in [5, 5.41) is 15.8. The van der Waals surface area contributed by atoms with Gasteiger partial charge in [-0.1, -0.05) is 0 Å². The molecule has 0 bridgehead atoms. The van der Waals surface area contributed by atoms with E-state index in [9.17, 15) is 14.7 Å². The van der Waals surface area contributed by atoms with E-state index < -0.39 is 11.5 Å². The predicted molar refractivity (Wildman–Crippen MR) is 92.9 cm³/mol. The zero-order valence-corrected chi connectivity index (χ0v) is 13.7. The highest BCUT2D eigenvalue weighted by Gasteiger charge is 2.35. The molecule has 7 nitrogen and oxygen atoms in total. The van der Waals surface area contributed by atoms with Gasteiger partial charge in [0.15, 0.2) is 5.60 Å². The number of benzene rings is 2. The number of hydrogen-bond acceptors (Lipinski definition) is 5. The van der Waals surface area contributed by atoms with Crippen LogP contribution in [0.5, 0.6) is 11.5 Å². The van der Waals surface area contributed by atoms with Crippen molar-refractivity contribution in [3.05, 3.63) is 53.6 Å². The number of phenols is 1. The van der Waals surface area contributed by atoms with Crippen molar-refractivity contribution in [1.82, 2.24) is 5.43 Å². The zero-order chi connectivity index (χ0) is 18.0. The van der Waals surface area contributed by atoms with E-state index >= 15 is 0 Å². The Bertz CT molecular complexity index is 857. The normalized spacial score (nSPS) is 15.2. The van der Waals surface area contributed by atoms with E-state index in [0.29, 0.717) is 17.0 Å². The maximum atomic E-state index is 12.2. The van der Waals surface area contributed by atoms with E-state index in [1.807, 2.05) is 0 Å². The maximum Gasteiger partial charge on any atom is 0.271 e. The standard InChI is InChI=1S/C18H17N3O4/c1-18(2)17(24)20-14-9-12(5-8-15(14)25-18)16(23)21-19-10-11-3-6-13(22)7-4-11/h3-10,22H,1-2H3,(H,20,24)(H,21,23)/b19-10-. The minimum Gasteiger partial charge on any atom is -0.508 e. The first kappa shape index (κ1) is 16.5. The summed E-state index contributed by atoms with van der Waals surface area (Å²) in [5.74, 6) is -0.0312. The number of amides is 2. The van der Waals surface area contributed by atoms with Crippen molar-refractivity contribution in [2.45, 2.75) is 19.4 Å². The molecule has 1 aliphatic heterocycles. The molecule has 0 aliphatic carbocycles. The molecule has 1 aliphatic rings. The minimum atomic E-state index is -0.953. The van der Waals surface area contributed by atoms with Crippen molar-refractivity contribution in [2.75, 3.05) is 5.32 Å². The molecule has 0 radical (unpaired) electrons. The van der Waals surface area contributed by atoms with Crippen LogP contribution < -0.4 is 15.5 Å². The van der Waals surface area contributed by atoms with Gasteiger partial charge >= 0.3 is 0 Å². The number of hydrazone groups is 1. The average Bonchev–Trinajstić information content (AvgIpc) is 2.57. The Kier molecular flexibility index (Phi) is 4.14. The summed E-state index contributed by atoms with van der Waals surface area (Å²) in [5.41, 5.74) is 2.97. The van der Waals surface area contributed by atoms with Gasteiger partial charge in [-0.15, -0.1) is 0 Å². The predicted octanol–water partition coefficient (Wildman–Crippen LogP) is 2.27. The molecule has 2 aromatic carbocycles. The lowest BCUT2D eigenvalue weighted by molar-refractivity contribution is -0.129. The van der Waals surface area contributed by atoms with E-state index in [4.69, 9.17) is 4.74 Å². The van der Waals surface area contributed by atoms with Gasteiger partial charge in [-0.05, 0) is 61.9 Å². The maximum absolute atomic E-state index is 12.2. The van der Waals surface area contributed by atoms with Crippen LogP contribution in [0.25, 0.3) is 0 Å². The monoisotopic (exact) mass is 339 g/mol. The highest BCUT2D eigenvalue weighted by atomic mass is 16.5. The zero-order valence-electron chi connectivity index (χ0n) is 13.7. The Morgan fingerprint density at radius 1 is 1.24 bits per heavy atom. The molecule has 0 atom stereocenters. The van der Waals surface area contributed by atoms with Gasteiger partial charge in [0, 0.05) is 5.56 Å². The fourth-order valence-corrected chi connectivity index (χ4v) is 2.24. The summed E-state index contributed by atoms with van der Waals surface area (Å²) in [7, 11) is 0. The van der Waals surface area contributed by atoms with Crippen molar-refractivity contribution < 1.29 is 19.4 Å². The first-order valence-electron chi connectivity index (χ1n) is 7.62. The van der Waals surface area contributed by atoms with Gasteiger partial charge in [-0.3, -0.25) is 9.59 Å². The molecular formula is C18H17N3O4. The minimum absolute atomic E-state index is 0.155. The van der Waals surface area contributed by atoms with Crippen LogP contribution in [0.15, 0.2) is 47.6 Å². The highest BCUT2D eigenvalue weighted by Crippen LogP contribution is 2.34. The smallest absolute Gasteiger partial charge is 0.271 e. The summed E-state index contributed by atoms with van der Waals surface area (Å²) in [6.45, 7) is 3.34. The second kappa shape index (κ2) is 6.27. The van der Waals surface area contributed by atoms with Crippen LogP contribution in [0.1, 0.15) is 29.8 Å². The third kappa shape index (κ3) is 3.60. The quantitative estimate of drug-likeness (QED) is 0.590. The summed E-state index contributed by atoms with van der Waals surface area (Å²) in [6.07, 6.45) is 1.46. The molecule has 0 saturated carbocycles. The molecule has 0 saturated heterocycles. The Morgan fingerprint density at radius 3 is 2.68 bits per heavy atom. The third-order valence-corrected chi connectivity index (χ3v) is 3.67. The first-order chi connectivity index (χ1) is 11.8. The molecule has 3 rings (SSSR count). The number of ether oxygens (including phenoxy) is 1. The lowest BCUT2D eigenvalue weighted by atomic mass is 10.0. The molecule has 2 amide bonds. The molecule has 0 fully saturated rings. The van der Waals surface area contributed by atoms with E-state index in [0.717, 1.165) is 5.56 Å². The molecule has 1 heterocycles. The summed E-state index contributed by atoms with van der Waals surface area (Å²) in [4.78, 5) is 24.1. The molecule has 0 unspecified atom stereocenters. The largest absolute Gasteiger partial charge is 0.508 e. The molecule has 3 N–H and O–H groups in total. The van der Waals surface area contributed by atoms with Gasteiger partial charge in [-0.2, -0.15) is 5.10 Å². The number of nitrogens with zero attached hydrogens (tertiary/aromatic N) is 1. The SMILES string of the molecule is CC1(C)Oc2ccc(C(=O)N/N=C\c3ccc(O)cc3)cc2NC1=O. The number of fused-ring (bicyclic) bond motifs is 1. The summed E-state index contributed by atoms with van der Waals surface area (Å²) < 4.78 is 5.62. The lowest BCUT2D eigenvalue weighted by Gasteiger charge is -2.31. The summed E-state index contributed by atoms with van der Waals surface area (Å²) >= 11 is 0. The molecule has 0 spiro atoms. The van der Waals surface area contributed by atoms with Gasteiger partial charge in [-0.25, -0.2) is 5.43 Å². The Balaban J connectivity index is 1.70.